The lowest BCUT2D eigenvalue weighted by Gasteiger charge is -2.71. The van der Waals surface area contributed by atoms with Crippen LogP contribution in [0.5, 0.6) is 0 Å². The molecule has 5 rings (SSSR count). The van der Waals surface area contributed by atoms with Crippen LogP contribution >= 0.6 is 0 Å². The second-order valence-electron chi connectivity index (χ2n) is 15.7. The Morgan fingerprint density at radius 1 is 0.974 bits per heavy atom. The smallest absolute Gasteiger partial charge is 0.302 e. The van der Waals surface area contributed by atoms with Crippen molar-refractivity contribution < 1.29 is 19.4 Å². The van der Waals surface area contributed by atoms with Crippen LogP contribution in [-0.2, 0) is 14.3 Å². The Morgan fingerprint density at radius 3 is 2.36 bits per heavy atom. The van der Waals surface area contributed by atoms with Crippen molar-refractivity contribution in [2.75, 3.05) is 13.2 Å². The summed E-state index contributed by atoms with van der Waals surface area (Å²) in [6.45, 7) is 19.1. The average Bonchev–Trinajstić information content (AvgIpc) is 2.86. The molecule has 4 saturated carbocycles. The normalized spacial score (nSPS) is 48.4. The van der Waals surface area contributed by atoms with Crippen molar-refractivity contribution in [1.29, 1.82) is 0 Å². The number of carbonyl (C=O) groups is 2. The lowest BCUT2D eigenvalue weighted by molar-refractivity contribution is -0.212. The van der Waals surface area contributed by atoms with Crippen molar-refractivity contribution in [3.8, 4) is 0 Å². The maximum Gasteiger partial charge on any atom is 0.302 e. The Morgan fingerprint density at radius 2 is 1.69 bits per heavy atom. The van der Waals surface area contributed by atoms with E-state index in [0.717, 1.165) is 44.9 Å². The summed E-state index contributed by atoms with van der Waals surface area (Å²) in [4.78, 5) is 25.8. The third-order valence-corrected chi connectivity index (χ3v) is 14.1. The number of carbonyl (C=O) groups excluding carboxylic acids is 2. The Hall–Kier alpha value is -1.36. The zero-order valence-electron chi connectivity index (χ0n) is 26.0. The molecular weight excluding hydrogens is 486 g/mol. The molecule has 5 heteroatoms. The number of nitrogens with one attached hydrogen (secondary N) is 1. The standard InChI is InChI=1S/C34H55NO4/c1-21-11-16-34(29(38)35-19-20-36)18-17-32(7)24(28(34)22(21)2)9-10-26-31(6)14-13-27(39-23(3)37)30(4,5)25(31)12-15-33(26,32)8/h9,21-22,25-28,36H,10-20H2,1-8H3,(H,35,38)/t21-,22+,25+,26-,27+,28+,31+,32-,33-,34+/m1/s1. The topological polar surface area (TPSA) is 75.6 Å². The number of aliphatic hydroxyl groups is 1. The van der Waals surface area contributed by atoms with E-state index < -0.39 is 0 Å². The van der Waals surface area contributed by atoms with E-state index in [1.807, 2.05) is 0 Å². The predicted octanol–water partition coefficient (Wildman–Crippen LogP) is 6.68. The fraction of sp³-hybridized carbons (Fsp3) is 0.882. The number of esters is 1. The first kappa shape index (κ1) is 29.1. The molecule has 0 bridgehead atoms. The molecule has 0 heterocycles. The van der Waals surface area contributed by atoms with E-state index in [0.29, 0.717) is 30.2 Å². The van der Waals surface area contributed by atoms with Gasteiger partial charge in [0, 0.05) is 18.9 Å². The fourth-order valence-electron chi connectivity index (χ4n) is 11.6. The zero-order chi connectivity index (χ0) is 28.6. The highest BCUT2D eigenvalue weighted by atomic mass is 16.5. The minimum Gasteiger partial charge on any atom is -0.462 e. The Balaban J connectivity index is 1.54. The Kier molecular flexibility index (Phi) is 7.17. The maximum absolute atomic E-state index is 13.8. The third kappa shape index (κ3) is 3.94. The number of fused-ring (bicyclic) bond motifs is 7. The maximum atomic E-state index is 13.8. The van der Waals surface area contributed by atoms with Gasteiger partial charge in [-0.25, -0.2) is 0 Å². The lowest BCUT2D eigenvalue weighted by atomic mass is 9.33. The summed E-state index contributed by atoms with van der Waals surface area (Å²) < 4.78 is 5.91. The quantitative estimate of drug-likeness (QED) is 0.307. The van der Waals surface area contributed by atoms with E-state index >= 15 is 0 Å². The first-order valence-electron chi connectivity index (χ1n) is 16.0. The van der Waals surface area contributed by atoms with Crippen LogP contribution < -0.4 is 5.32 Å². The zero-order valence-corrected chi connectivity index (χ0v) is 26.0. The van der Waals surface area contributed by atoms with Crippen LogP contribution in [0.1, 0.15) is 113 Å². The molecule has 5 aliphatic carbocycles. The highest BCUT2D eigenvalue weighted by Crippen LogP contribution is 2.75. The van der Waals surface area contributed by atoms with Crippen molar-refractivity contribution >= 4 is 11.9 Å². The predicted molar refractivity (Wildman–Crippen MR) is 155 cm³/mol. The number of hydrogen-bond acceptors (Lipinski definition) is 4. The molecule has 0 aromatic heterocycles. The molecule has 0 unspecified atom stereocenters. The van der Waals surface area contributed by atoms with Crippen LogP contribution in [0.15, 0.2) is 11.6 Å². The van der Waals surface area contributed by atoms with Crippen molar-refractivity contribution in [3.63, 3.8) is 0 Å². The fourth-order valence-corrected chi connectivity index (χ4v) is 11.6. The van der Waals surface area contributed by atoms with E-state index in [1.54, 1.807) is 12.5 Å². The van der Waals surface area contributed by atoms with Crippen LogP contribution in [0, 0.1) is 56.7 Å². The summed E-state index contributed by atoms with van der Waals surface area (Å²) in [5.41, 5.74) is 1.67. The summed E-state index contributed by atoms with van der Waals surface area (Å²) >= 11 is 0. The molecule has 5 aliphatic rings. The van der Waals surface area contributed by atoms with Gasteiger partial charge in [0.2, 0.25) is 5.91 Å². The van der Waals surface area contributed by atoms with Crippen molar-refractivity contribution in [3.05, 3.63) is 11.6 Å². The molecular formula is C34H55NO4. The van der Waals surface area contributed by atoms with Gasteiger partial charge in [-0.15, -0.1) is 0 Å². The summed E-state index contributed by atoms with van der Waals surface area (Å²) in [5.74, 6) is 2.49. The first-order chi connectivity index (χ1) is 18.2. The number of ether oxygens (including phenoxy) is 1. The molecule has 0 aliphatic heterocycles. The summed E-state index contributed by atoms with van der Waals surface area (Å²) in [5, 5.41) is 12.6. The highest BCUT2D eigenvalue weighted by Gasteiger charge is 2.69. The minimum absolute atomic E-state index is 0.0000163. The Labute approximate surface area is 237 Å². The summed E-state index contributed by atoms with van der Waals surface area (Å²) in [7, 11) is 0. The van der Waals surface area contributed by atoms with Crippen LogP contribution in [0.3, 0.4) is 0 Å². The molecule has 0 saturated heterocycles. The third-order valence-electron chi connectivity index (χ3n) is 14.1. The van der Waals surface area contributed by atoms with Gasteiger partial charge in [-0.2, -0.15) is 0 Å². The molecule has 0 spiro atoms. The second kappa shape index (κ2) is 9.60. The van der Waals surface area contributed by atoms with Crippen molar-refractivity contribution in [1.82, 2.24) is 5.32 Å². The van der Waals surface area contributed by atoms with Crippen LogP contribution in [0.2, 0.25) is 0 Å². The van der Waals surface area contributed by atoms with Crippen LogP contribution in [-0.4, -0.2) is 36.2 Å². The molecule has 10 atom stereocenters. The number of amides is 1. The molecule has 5 nitrogen and oxygen atoms in total. The summed E-state index contributed by atoms with van der Waals surface area (Å²) in [6.07, 6.45) is 12.2. The molecule has 0 aromatic rings. The van der Waals surface area contributed by atoms with Crippen LogP contribution in [0.25, 0.3) is 0 Å². The van der Waals surface area contributed by atoms with Gasteiger partial charge in [-0.3, -0.25) is 9.59 Å². The lowest BCUT2D eigenvalue weighted by Crippen LogP contribution is -2.66. The molecule has 0 aromatic carbocycles. The van der Waals surface area contributed by atoms with Crippen molar-refractivity contribution in [2.24, 2.45) is 56.7 Å². The number of aliphatic hydroxyl groups excluding tert-OH is 1. The monoisotopic (exact) mass is 541 g/mol. The van der Waals surface area contributed by atoms with Gasteiger partial charge < -0.3 is 15.2 Å². The number of hydrogen-bond donors (Lipinski definition) is 2. The van der Waals surface area contributed by atoms with E-state index in [9.17, 15) is 14.7 Å². The molecule has 220 valence electrons. The van der Waals surface area contributed by atoms with E-state index in [1.165, 1.54) is 12.8 Å². The average molecular weight is 542 g/mol. The molecule has 4 fully saturated rings. The van der Waals surface area contributed by atoms with E-state index in [4.69, 9.17) is 4.74 Å². The molecule has 2 N–H and O–H groups in total. The minimum atomic E-state index is -0.346. The molecule has 1 amide bonds. The van der Waals surface area contributed by atoms with Gasteiger partial charge in [-0.1, -0.05) is 60.1 Å². The molecule has 39 heavy (non-hydrogen) atoms. The van der Waals surface area contributed by atoms with Gasteiger partial charge >= 0.3 is 5.97 Å². The van der Waals surface area contributed by atoms with Gasteiger partial charge in [0.25, 0.3) is 0 Å². The highest BCUT2D eigenvalue weighted by molar-refractivity contribution is 5.84. The molecule has 0 radical (unpaired) electrons. The SMILES string of the molecule is CC(=O)O[C@H]1CC[C@]2(C)[C@H]3CC=C4[C@@H]5[C@@H](C)[C@H](C)CC[C@]5(C(=O)NCCO)CC[C@@]4(C)[C@]3(C)CC[C@H]2C1(C)C. The Bertz CT molecular complexity index is 1030. The van der Waals surface area contributed by atoms with Crippen molar-refractivity contribution in [2.45, 2.75) is 119 Å². The van der Waals surface area contributed by atoms with Gasteiger partial charge in [0.1, 0.15) is 6.10 Å². The van der Waals surface area contributed by atoms with E-state index in [-0.39, 0.29) is 57.6 Å². The first-order valence-corrected chi connectivity index (χ1v) is 16.0. The summed E-state index contributed by atoms with van der Waals surface area (Å²) in [6, 6.07) is 0. The van der Waals surface area contributed by atoms with E-state index in [2.05, 4.69) is 59.9 Å². The van der Waals surface area contributed by atoms with Gasteiger partial charge in [0.15, 0.2) is 0 Å². The van der Waals surface area contributed by atoms with Crippen LogP contribution in [0.4, 0.5) is 0 Å². The number of rotatable bonds is 4. The number of allylic oxidation sites excluding steroid dienone is 2. The largest absolute Gasteiger partial charge is 0.462 e. The van der Waals surface area contributed by atoms with Gasteiger partial charge in [-0.05, 0) is 104 Å². The second-order valence-corrected chi connectivity index (χ2v) is 15.7. The van der Waals surface area contributed by atoms with Gasteiger partial charge in [0.05, 0.1) is 12.0 Å².